The summed E-state index contributed by atoms with van der Waals surface area (Å²) in [4.78, 5) is 4.12. The van der Waals surface area contributed by atoms with E-state index in [1.165, 1.54) is 13.2 Å². The number of sulfonamides is 1. The van der Waals surface area contributed by atoms with Crippen molar-refractivity contribution in [1.82, 2.24) is 4.98 Å². The number of benzene rings is 1. The minimum Gasteiger partial charge on any atom is -0.495 e. The Kier molecular flexibility index (Phi) is 4.29. The number of pyridine rings is 1. The number of ether oxygens (including phenoxy) is 1. The van der Waals surface area contributed by atoms with Crippen LogP contribution in [-0.4, -0.2) is 20.5 Å². The monoisotopic (exact) mass is 356 g/mol. The Bertz CT molecular complexity index is 732. The molecule has 0 radical (unpaired) electrons. The largest absolute Gasteiger partial charge is 0.495 e. The molecular weight excluding hydrogens is 344 g/mol. The van der Waals surface area contributed by atoms with E-state index in [1.807, 2.05) is 0 Å². The van der Waals surface area contributed by atoms with Gasteiger partial charge in [0.2, 0.25) is 0 Å². The first-order valence-corrected chi connectivity index (χ1v) is 7.99. The Morgan fingerprint density at radius 3 is 2.70 bits per heavy atom. The number of rotatable bonds is 4. The molecule has 0 saturated carbocycles. The number of nitrogens with one attached hydrogen (secondary N) is 1. The molecule has 1 aromatic heterocycles. The van der Waals surface area contributed by atoms with Gasteiger partial charge in [0.1, 0.15) is 10.6 Å². The molecule has 0 atom stereocenters. The van der Waals surface area contributed by atoms with Gasteiger partial charge < -0.3 is 4.74 Å². The van der Waals surface area contributed by atoms with Crippen molar-refractivity contribution >= 4 is 31.6 Å². The number of anilines is 1. The first-order chi connectivity index (χ1) is 9.44. The number of halogens is 1. The third-order valence-electron chi connectivity index (χ3n) is 2.67. The standard InChI is InChI=1S/C13H13BrN2O3S/c1-9-11(4-3-7-15-9)16-20(17,18)13-8-10(14)5-6-12(13)19-2/h3-8,16H,1-2H3. The number of aryl methyl sites for hydroxylation is 1. The summed E-state index contributed by atoms with van der Waals surface area (Å²) in [5, 5.41) is 0. The van der Waals surface area contributed by atoms with Crippen LogP contribution in [0.3, 0.4) is 0 Å². The van der Waals surface area contributed by atoms with Crippen LogP contribution < -0.4 is 9.46 Å². The number of aromatic nitrogens is 1. The minimum absolute atomic E-state index is 0.0672. The molecule has 5 nitrogen and oxygen atoms in total. The molecule has 0 bridgehead atoms. The Hall–Kier alpha value is -1.60. The third kappa shape index (κ3) is 3.10. The molecule has 1 N–H and O–H groups in total. The Morgan fingerprint density at radius 2 is 2.05 bits per heavy atom. The topological polar surface area (TPSA) is 68.3 Å². The maximum atomic E-state index is 12.4. The molecule has 0 aliphatic carbocycles. The molecule has 2 aromatic rings. The smallest absolute Gasteiger partial charge is 0.265 e. The second kappa shape index (κ2) is 5.80. The first kappa shape index (κ1) is 14.8. The zero-order valence-corrected chi connectivity index (χ0v) is 13.3. The summed E-state index contributed by atoms with van der Waals surface area (Å²) in [6.07, 6.45) is 1.60. The highest BCUT2D eigenvalue weighted by Crippen LogP contribution is 2.29. The molecule has 0 unspecified atom stereocenters. The first-order valence-electron chi connectivity index (χ1n) is 5.72. The van der Waals surface area contributed by atoms with Gasteiger partial charge in [-0.2, -0.15) is 0 Å². The fourth-order valence-corrected chi connectivity index (χ4v) is 3.48. The van der Waals surface area contributed by atoms with Crippen molar-refractivity contribution in [3.63, 3.8) is 0 Å². The minimum atomic E-state index is -3.75. The SMILES string of the molecule is COc1ccc(Br)cc1S(=O)(=O)Nc1cccnc1C. The van der Waals surface area contributed by atoms with Crippen LogP contribution in [0.1, 0.15) is 5.69 Å². The highest BCUT2D eigenvalue weighted by atomic mass is 79.9. The van der Waals surface area contributed by atoms with Gasteiger partial charge in [-0.15, -0.1) is 0 Å². The lowest BCUT2D eigenvalue weighted by molar-refractivity contribution is 0.403. The van der Waals surface area contributed by atoms with Gasteiger partial charge in [0.25, 0.3) is 10.0 Å². The molecule has 20 heavy (non-hydrogen) atoms. The van der Waals surface area contributed by atoms with Gasteiger partial charge in [0.15, 0.2) is 0 Å². The van der Waals surface area contributed by atoms with Gasteiger partial charge in [-0.1, -0.05) is 15.9 Å². The third-order valence-corrected chi connectivity index (χ3v) is 4.55. The van der Waals surface area contributed by atoms with E-state index in [0.717, 1.165) is 0 Å². The summed E-state index contributed by atoms with van der Waals surface area (Å²) in [6, 6.07) is 8.13. The van der Waals surface area contributed by atoms with E-state index in [4.69, 9.17) is 4.74 Å². The van der Waals surface area contributed by atoms with Gasteiger partial charge in [-0.25, -0.2) is 8.42 Å². The Balaban J connectivity index is 2.46. The van der Waals surface area contributed by atoms with Crippen LogP contribution in [0, 0.1) is 6.92 Å². The van der Waals surface area contributed by atoms with Crippen LogP contribution in [-0.2, 0) is 10.0 Å². The predicted molar refractivity (Wildman–Crippen MR) is 80.5 cm³/mol. The van der Waals surface area contributed by atoms with E-state index in [1.54, 1.807) is 37.4 Å². The Morgan fingerprint density at radius 1 is 1.30 bits per heavy atom. The summed E-state index contributed by atoms with van der Waals surface area (Å²) < 4.78 is 33.2. The quantitative estimate of drug-likeness (QED) is 0.914. The van der Waals surface area contributed by atoms with Crippen molar-refractivity contribution in [1.29, 1.82) is 0 Å². The maximum Gasteiger partial charge on any atom is 0.265 e. The number of hydrogen-bond donors (Lipinski definition) is 1. The molecule has 1 heterocycles. The van der Waals surface area contributed by atoms with Gasteiger partial charge >= 0.3 is 0 Å². The van der Waals surface area contributed by atoms with Gasteiger partial charge in [-0.3, -0.25) is 9.71 Å². The normalized spacial score (nSPS) is 11.2. The zero-order chi connectivity index (χ0) is 14.8. The second-order valence-electron chi connectivity index (χ2n) is 4.04. The molecule has 0 aliphatic rings. The Labute approximate surface area is 126 Å². The van der Waals surface area contributed by atoms with E-state index in [2.05, 4.69) is 25.6 Å². The van der Waals surface area contributed by atoms with E-state index in [-0.39, 0.29) is 10.6 Å². The van der Waals surface area contributed by atoms with Gasteiger partial charge in [-0.05, 0) is 37.3 Å². The van der Waals surface area contributed by atoms with Gasteiger partial charge in [0.05, 0.1) is 18.5 Å². The number of nitrogens with zero attached hydrogens (tertiary/aromatic N) is 1. The van der Waals surface area contributed by atoms with Crippen LogP contribution >= 0.6 is 15.9 Å². The molecule has 0 amide bonds. The maximum absolute atomic E-state index is 12.4. The van der Waals surface area contributed by atoms with E-state index < -0.39 is 10.0 Å². The average Bonchev–Trinajstić information content (AvgIpc) is 2.41. The van der Waals surface area contributed by atoms with E-state index in [0.29, 0.717) is 15.9 Å². The van der Waals surface area contributed by atoms with Crippen LogP contribution in [0.25, 0.3) is 0 Å². The summed E-state index contributed by atoms with van der Waals surface area (Å²) in [5.41, 5.74) is 1.04. The lowest BCUT2D eigenvalue weighted by Crippen LogP contribution is -2.15. The molecular formula is C13H13BrN2O3S. The van der Waals surface area contributed by atoms with Crippen LogP contribution in [0.4, 0.5) is 5.69 Å². The molecule has 0 fully saturated rings. The van der Waals surface area contributed by atoms with Crippen molar-refractivity contribution < 1.29 is 13.2 Å². The predicted octanol–water partition coefficient (Wildman–Crippen LogP) is 2.96. The second-order valence-corrected chi connectivity index (χ2v) is 6.60. The van der Waals surface area contributed by atoms with Crippen molar-refractivity contribution in [3.8, 4) is 5.75 Å². The fourth-order valence-electron chi connectivity index (χ4n) is 1.65. The summed E-state index contributed by atoms with van der Waals surface area (Å²) in [6.45, 7) is 1.73. The molecule has 7 heteroatoms. The lowest BCUT2D eigenvalue weighted by Gasteiger charge is -2.12. The summed E-state index contributed by atoms with van der Waals surface area (Å²) in [7, 11) is -2.32. The summed E-state index contributed by atoms with van der Waals surface area (Å²) >= 11 is 3.26. The summed E-state index contributed by atoms with van der Waals surface area (Å²) in [5.74, 6) is 0.280. The van der Waals surface area contributed by atoms with Crippen molar-refractivity contribution in [2.45, 2.75) is 11.8 Å². The van der Waals surface area contributed by atoms with E-state index >= 15 is 0 Å². The van der Waals surface area contributed by atoms with Gasteiger partial charge in [0, 0.05) is 10.7 Å². The molecule has 0 aliphatic heterocycles. The van der Waals surface area contributed by atoms with Crippen molar-refractivity contribution in [2.24, 2.45) is 0 Å². The van der Waals surface area contributed by atoms with E-state index in [9.17, 15) is 8.42 Å². The van der Waals surface area contributed by atoms with Crippen LogP contribution in [0.5, 0.6) is 5.75 Å². The number of methoxy groups -OCH3 is 1. The molecule has 1 aromatic carbocycles. The van der Waals surface area contributed by atoms with Crippen LogP contribution in [0.2, 0.25) is 0 Å². The highest BCUT2D eigenvalue weighted by molar-refractivity contribution is 9.10. The van der Waals surface area contributed by atoms with Crippen molar-refractivity contribution in [2.75, 3.05) is 11.8 Å². The highest BCUT2D eigenvalue weighted by Gasteiger charge is 2.20. The van der Waals surface area contributed by atoms with Crippen LogP contribution in [0.15, 0.2) is 45.9 Å². The molecule has 106 valence electrons. The fraction of sp³-hybridized carbons (Fsp3) is 0.154. The number of hydrogen-bond acceptors (Lipinski definition) is 4. The zero-order valence-electron chi connectivity index (χ0n) is 10.9. The molecule has 0 spiro atoms. The molecule has 0 saturated heterocycles. The lowest BCUT2D eigenvalue weighted by atomic mass is 10.3. The average molecular weight is 357 g/mol. The van der Waals surface area contributed by atoms with Crippen molar-refractivity contribution in [3.05, 3.63) is 46.7 Å². The molecule has 2 rings (SSSR count).